The van der Waals surface area contributed by atoms with E-state index in [0.29, 0.717) is 11.3 Å². The van der Waals surface area contributed by atoms with E-state index in [2.05, 4.69) is 14.8 Å². The number of rotatable bonds is 6. The van der Waals surface area contributed by atoms with E-state index in [1.807, 2.05) is 0 Å². The van der Waals surface area contributed by atoms with Crippen molar-refractivity contribution in [3.8, 4) is 11.6 Å². The SMILES string of the molecule is Cc1nn(C)c(Cl)c1S(=O)(=O)Nc1ccc(Oc2cccc(C(N)=O)c2)nc1. The van der Waals surface area contributed by atoms with Crippen LogP contribution in [0.4, 0.5) is 5.69 Å². The molecule has 0 saturated heterocycles. The maximum Gasteiger partial charge on any atom is 0.266 e. The summed E-state index contributed by atoms with van der Waals surface area (Å²) in [5, 5.41) is 4.00. The van der Waals surface area contributed by atoms with E-state index in [9.17, 15) is 13.2 Å². The molecule has 2 aromatic heterocycles. The number of carbonyl (C=O) groups is 1. The molecule has 0 aliphatic rings. The molecular weight excluding hydrogens is 406 g/mol. The lowest BCUT2D eigenvalue weighted by molar-refractivity contribution is 0.1000. The van der Waals surface area contributed by atoms with Crippen molar-refractivity contribution in [3.63, 3.8) is 0 Å². The van der Waals surface area contributed by atoms with Crippen LogP contribution in [-0.2, 0) is 17.1 Å². The number of aromatic nitrogens is 3. The normalized spacial score (nSPS) is 11.2. The average molecular weight is 422 g/mol. The summed E-state index contributed by atoms with van der Waals surface area (Å²) in [7, 11) is -2.39. The number of primary amides is 1. The predicted octanol–water partition coefficient (Wildman–Crippen LogP) is 2.47. The van der Waals surface area contributed by atoms with E-state index in [1.54, 1.807) is 32.2 Å². The Morgan fingerprint density at radius 3 is 2.61 bits per heavy atom. The summed E-state index contributed by atoms with van der Waals surface area (Å²) in [5.74, 6) is 0.00239. The first kappa shape index (κ1) is 19.6. The highest BCUT2D eigenvalue weighted by atomic mass is 35.5. The summed E-state index contributed by atoms with van der Waals surface area (Å²) in [5.41, 5.74) is 6.03. The molecule has 0 fully saturated rings. The van der Waals surface area contributed by atoms with Crippen LogP contribution in [0.1, 0.15) is 16.1 Å². The number of nitrogens with two attached hydrogens (primary N) is 1. The Morgan fingerprint density at radius 2 is 2.04 bits per heavy atom. The Kier molecular flexibility index (Phi) is 5.25. The number of sulfonamides is 1. The number of nitrogens with zero attached hydrogens (tertiary/aromatic N) is 3. The fourth-order valence-electron chi connectivity index (χ4n) is 2.46. The van der Waals surface area contributed by atoms with Gasteiger partial charge in [-0.25, -0.2) is 13.4 Å². The molecule has 0 spiro atoms. The highest BCUT2D eigenvalue weighted by Gasteiger charge is 2.25. The molecule has 9 nitrogen and oxygen atoms in total. The van der Waals surface area contributed by atoms with Gasteiger partial charge in [-0.1, -0.05) is 17.7 Å². The van der Waals surface area contributed by atoms with Crippen LogP contribution >= 0.6 is 11.6 Å². The highest BCUT2D eigenvalue weighted by Crippen LogP contribution is 2.27. The van der Waals surface area contributed by atoms with Crippen LogP contribution in [0.3, 0.4) is 0 Å². The molecule has 2 heterocycles. The number of anilines is 1. The first-order chi connectivity index (χ1) is 13.2. The quantitative estimate of drug-likeness (QED) is 0.628. The van der Waals surface area contributed by atoms with E-state index in [4.69, 9.17) is 22.1 Å². The molecule has 0 unspecified atom stereocenters. The molecule has 0 atom stereocenters. The second kappa shape index (κ2) is 7.49. The Hall–Kier alpha value is -3.11. The molecule has 0 aliphatic carbocycles. The third-order valence-electron chi connectivity index (χ3n) is 3.70. The molecule has 0 saturated carbocycles. The van der Waals surface area contributed by atoms with Gasteiger partial charge in [0.05, 0.1) is 17.6 Å². The van der Waals surface area contributed by atoms with Crippen molar-refractivity contribution in [2.45, 2.75) is 11.8 Å². The molecule has 1 amide bonds. The van der Waals surface area contributed by atoms with Gasteiger partial charge in [0, 0.05) is 18.7 Å². The van der Waals surface area contributed by atoms with E-state index < -0.39 is 15.9 Å². The molecular formula is C17H16ClN5O4S. The minimum absolute atomic E-state index is 0.00671. The molecule has 3 rings (SSSR count). The zero-order valence-electron chi connectivity index (χ0n) is 14.9. The lowest BCUT2D eigenvalue weighted by Crippen LogP contribution is -2.14. The fourth-order valence-corrected chi connectivity index (χ4v) is 4.25. The van der Waals surface area contributed by atoms with Crippen molar-refractivity contribution < 1.29 is 17.9 Å². The first-order valence-electron chi connectivity index (χ1n) is 7.93. The number of hydrogen-bond donors (Lipinski definition) is 2. The van der Waals surface area contributed by atoms with Gasteiger partial charge in [0.2, 0.25) is 11.8 Å². The largest absolute Gasteiger partial charge is 0.439 e. The summed E-state index contributed by atoms with van der Waals surface area (Å²) >= 11 is 6.03. The second-order valence-electron chi connectivity index (χ2n) is 5.81. The van der Waals surface area contributed by atoms with Gasteiger partial charge in [-0.05, 0) is 31.2 Å². The smallest absolute Gasteiger partial charge is 0.266 e. The predicted molar refractivity (Wildman–Crippen MR) is 103 cm³/mol. The maximum absolute atomic E-state index is 12.6. The monoisotopic (exact) mass is 421 g/mol. The van der Waals surface area contributed by atoms with E-state index >= 15 is 0 Å². The fraction of sp³-hybridized carbons (Fsp3) is 0.118. The zero-order valence-corrected chi connectivity index (χ0v) is 16.5. The van der Waals surface area contributed by atoms with E-state index in [-0.39, 0.29) is 27.3 Å². The minimum Gasteiger partial charge on any atom is -0.439 e. The van der Waals surface area contributed by atoms with Gasteiger partial charge in [-0.3, -0.25) is 14.2 Å². The molecule has 1 aromatic carbocycles. The number of halogens is 1. The first-order valence-corrected chi connectivity index (χ1v) is 9.79. The van der Waals surface area contributed by atoms with Crippen molar-refractivity contribution in [2.75, 3.05) is 4.72 Å². The minimum atomic E-state index is -3.94. The number of pyridine rings is 1. The van der Waals surface area contributed by atoms with Gasteiger partial charge in [0.25, 0.3) is 10.0 Å². The number of aryl methyl sites for hydroxylation is 2. The number of hydrogen-bond acceptors (Lipinski definition) is 6. The molecule has 28 heavy (non-hydrogen) atoms. The number of ether oxygens (including phenoxy) is 1. The lowest BCUT2D eigenvalue weighted by Gasteiger charge is -2.09. The number of nitrogens with one attached hydrogen (secondary N) is 1. The number of benzene rings is 1. The van der Waals surface area contributed by atoms with Crippen LogP contribution in [0.5, 0.6) is 11.6 Å². The van der Waals surface area contributed by atoms with Crippen LogP contribution in [-0.4, -0.2) is 29.1 Å². The maximum atomic E-state index is 12.6. The molecule has 3 aromatic rings. The van der Waals surface area contributed by atoms with Crippen LogP contribution in [0.25, 0.3) is 0 Å². The Labute approximate surface area is 166 Å². The number of carbonyl (C=O) groups excluding carboxylic acids is 1. The summed E-state index contributed by atoms with van der Waals surface area (Å²) in [6.45, 7) is 1.55. The molecule has 11 heteroatoms. The standard InChI is InChI=1S/C17H16ClN5O4S/c1-10-15(16(18)23(2)21-10)28(25,26)22-12-6-7-14(20-9-12)27-13-5-3-4-11(8-13)17(19)24/h3-9,22H,1-2H3,(H2,19,24). The van der Waals surface area contributed by atoms with Crippen LogP contribution in [0.2, 0.25) is 5.15 Å². The zero-order chi connectivity index (χ0) is 20.5. The third kappa shape index (κ3) is 4.07. The Morgan fingerprint density at radius 1 is 1.29 bits per heavy atom. The van der Waals surface area contributed by atoms with Crippen LogP contribution in [0.15, 0.2) is 47.5 Å². The second-order valence-corrected chi connectivity index (χ2v) is 7.79. The Bertz CT molecular complexity index is 1140. The van der Waals surface area contributed by atoms with E-state index in [0.717, 1.165) is 0 Å². The summed E-state index contributed by atoms with van der Waals surface area (Å²) in [4.78, 5) is 15.2. The van der Waals surface area contributed by atoms with Crippen molar-refractivity contribution in [1.29, 1.82) is 0 Å². The molecule has 0 radical (unpaired) electrons. The van der Waals surface area contributed by atoms with Crippen molar-refractivity contribution in [3.05, 3.63) is 59.0 Å². The van der Waals surface area contributed by atoms with Gasteiger partial charge in [-0.2, -0.15) is 5.10 Å². The lowest BCUT2D eigenvalue weighted by atomic mass is 10.2. The van der Waals surface area contributed by atoms with Gasteiger partial charge in [0.15, 0.2) is 0 Å². The van der Waals surface area contributed by atoms with Crippen molar-refractivity contribution in [2.24, 2.45) is 12.8 Å². The summed E-state index contributed by atoms with van der Waals surface area (Å²) in [6.07, 6.45) is 1.30. The summed E-state index contributed by atoms with van der Waals surface area (Å²) < 4.78 is 34.4. The van der Waals surface area contributed by atoms with Gasteiger partial charge in [0.1, 0.15) is 15.8 Å². The molecule has 0 bridgehead atoms. The van der Waals surface area contributed by atoms with Crippen LogP contribution in [0, 0.1) is 6.92 Å². The van der Waals surface area contributed by atoms with Crippen molar-refractivity contribution >= 4 is 33.2 Å². The Balaban J connectivity index is 1.78. The average Bonchev–Trinajstić information content (AvgIpc) is 2.89. The highest BCUT2D eigenvalue weighted by molar-refractivity contribution is 7.92. The third-order valence-corrected chi connectivity index (χ3v) is 5.77. The van der Waals surface area contributed by atoms with Gasteiger partial charge in [-0.15, -0.1) is 0 Å². The summed E-state index contributed by atoms with van der Waals surface area (Å²) in [6, 6.07) is 9.26. The van der Waals surface area contributed by atoms with Gasteiger partial charge < -0.3 is 10.5 Å². The molecule has 146 valence electrons. The topological polar surface area (TPSA) is 129 Å². The van der Waals surface area contributed by atoms with Crippen molar-refractivity contribution in [1.82, 2.24) is 14.8 Å². The van der Waals surface area contributed by atoms with Gasteiger partial charge >= 0.3 is 0 Å². The number of amides is 1. The van der Waals surface area contributed by atoms with Crippen LogP contribution < -0.4 is 15.2 Å². The van der Waals surface area contributed by atoms with E-state index in [1.165, 1.54) is 29.1 Å². The molecule has 0 aliphatic heterocycles. The molecule has 3 N–H and O–H groups in total.